The average molecular weight is 173 g/mol. The predicted octanol–water partition coefficient (Wildman–Crippen LogP) is 0.803. The third-order valence-electron chi connectivity index (χ3n) is 2.45. The smallest absolute Gasteiger partial charge is 0.404 e. The van der Waals surface area contributed by atoms with E-state index in [1.807, 2.05) is 6.92 Å². The SMILES string of the molecule is CC1CC(NC(=O)O)CCC1O. The summed E-state index contributed by atoms with van der Waals surface area (Å²) in [6.45, 7) is 1.94. The molecule has 1 amide bonds. The second-order valence-electron chi connectivity index (χ2n) is 3.50. The molecule has 1 saturated carbocycles. The minimum atomic E-state index is -0.969. The number of hydrogen-bond donors (Lipinski definition) is 3. The van der Waals surface area contributed by atoms with Crippen molar-refractivity contribution < 1.29 is 15.0 Å². The van der Waals surface area contributed by atoms with E-state index in [9.17, 15) is 9.90 Å². The Bertz CT molecular complexity index is 172. The molecule has 0 aliphatic heterocycles. The maximum absolute atomic E-state index is 10.3. The topological polar surface area (TPSA) is 69.6 Å². The maximum Gasteiger partial charge on any atom is 0.404 e. The zero-order chi connectivity index (χ0) is 9.14. The second-order valence-corrected chi connectivity index (χ2v) is 3.50. The number of amides is 1. The lowest BCUT2D eigenvalue weighted by molar-refractivity contribution is 0.0656. The van der Waals surface area contributed by atoms with Crippen molar-refractivity contribution in [1.29, 1.82) is 0 Å². The summed E-state index contributed by atoms with van der Waals surface area (Å²) < 4.78 is 0. The van der Waals surface area contributed by atoms with Gasteiger partial charge in [-0.15, -0.1) is 0 Å². The molecule has 0 heterocycles. The Labute approximate surface area is 71.6 Å². The van der Waals surface area contributed by atoms with Gasteiger partial charge in [-0.05, 0) is 25.2 Å². The lowest BCUT2D eigenvalue weighted by Crippen LogP contribution is -2.41. The van der Waals surface area contributed by atoms with Gasteiger partial charge >= 0.3 is 6.09 Å². The lowest BCUT2D eigenvalue weighted by Gasteiger charge is -2.30. The van der Waals surface area contributed by atoms with Gasteiger partial charge in [0.05, 0.1) is 6.10 Å². The Hall–Kier alpha value is -0.770. The molecule has 4 nitrogen and oxygen atoms in total. The van der Waals surface area contributed by atoms with Crippen molar-refractivity contribution in [3.63, 3.8) is 0 Å². The van der Waals surface area contributed by atoms with Crippen LogP contribution in [-0.4, -0.2) is 28.5 Å². The van der Waals surface area contributed by atoms with E-state index in [0.29, 0.717) is 6.42 Å². The molecular weight excluding hydrogens is 158 g/mol. The zero-order valence-corrected chi connectivity index (χ0v) is 7.16. The van der Waals surface area contributed by atoms with Gasteiger partial charge in [-0.1, -0.05) is 6.92 Å². The first-order chi connectivity index (χ1) is 5.59. The van der Waals surface area contributed by atoms with Crippen molar-refractivity contribution in [2.75, 3.05) is 0 Å². The van der Waals surface area contributed by atoms with Crippen LogP contribution in [0.4, 0.5) is 4.79 Å². The fourth-order valence-corrected chi connectivity index (χ4v) is 1.69. The highest BCUT2D eigenvalue weighted by Crippen LogP contribution is 2.23. The summed E-state index contributed by atoms with van der Waals surface area (Å²) >= 11 is 0. The van der Waals surface area contributed by atoms with Gasteiger partial charge < -0.3 is 15.5 Å². The Morgan fingerprint density at radius 2 is 2.17 bits per heavy atom. The quantitative estimate of drug-likeness (QED) is 0.549. The monoisotopic (exact) mass is 173 g/mol. The standard InChI is InChI=1S/C8H15NO3/c1-5-4-6(9-8(11)12)2-3-7(5)10/h5-7,9-10H,2-4H2,1H3,(H,11,12). The van der Waals surface area contributed by atoms with Crippen molar-refractivity contribution in [3.05, 3.63) is 0 Å². The molecule has 1 aliphatic carbocycles. The highest BCUT2D eigenvalue weighted by molar-refractivity contribution is 5.64. The first-order valence-corrected chi connectivity index (χ1v) is 4.27. The Morgan fingerprint density at radius 3 is 2.67 bits per heavy atom. The molecule has 12 heavy (non-hydrogen) atoms. The van der Waals surface area contributed by atoms with Crippen LogP contribution in [0.5, 0.6) is 0 Å². The van der Waals surface area contributed by atoms with E-state index >= 15 is 0 Å². The van der Waals surface area contributed by atoms with E-state index in [-0.39, 0.29) is 18.1 Å². The number of aliphatic hydroxyl groups is 1. The fourth-order valence-electron chi connectivity index (χ4n) is 1.69. The molecule has 70 valence electrons. The van der Waals surface area contributed by atoms with Crippen LogP contribution >= 0.6 is 0 Å². The van der Waals surface area contributed by atoms with E-state index in [1.54, 1.807) is 0 Å². The molecule has 1 fully saturated rings. The van der Waals surface area contributed by atoms with E-state index in [0.717, 1.165) is 12.8 Å². The summed E-state index contributed by atoms with van der Waals surface area (Å²) in [7, 11) is 0. The van der Waals surface area contributed by atoms with Gasteiger partial charge in [0, 0.05) is 6.04 Å². The first-order valence-electron chi connectivity index (χ1n) is 4.27. The van der Waals surface area contributed by atoms with Crippen LogP contribution in [-0.2, 0) is 0 Å². The number of rotatable bonds is 1. The summed E-state index contributed by atoms with van der Waals surface area (Å²) in [5.74, 6) is 0.204. The lowest BCUT2D eigenvalue weighted by atomic mass is 9.85. The molecule has 0 radical (unpaired) electrons. The predicted molar refractivity (Wildman–Crippen MR) is 44.0 cm³/mol. The third-order valence-corrected chi connectivity index (χ3v) is 2.45. The van der Waals surface area contributed by atoms with Gasteiger partial charge in [0.1, 0.15) is 0 Å². The van der Waals surface area contributed by atoms with E-state index in [2.05, 4.69) is 5.32 Å². The minimum Gasteiger partial charge on any atom is -0.465 e. The number of carboxylic acid groups (broad SMARTS) is 1. The van der Waals surface area contributed by atoms with Crippen molar-refractivity contribution in [2.45, 2.75) is 38.3 Å². The number of nitrogens with one attached hydrogen (secondary N) is 1. The molecule has 0 saturated heterocycles. The average Bonchev–Trinajstić information content (AvgIpc) is 1.96. The summed E-state index contributed by atoms with van der Waals surface area (Å²) in [6, 6.07) is 0.0286. The third kappa shape index (κ3) is 2.37. The van der Waals surface area contributed by atoms with Gasteiger partial charge in [-0.2, -0.15) is 0 Å². The fraction of sp³-hybridized carbons (Fsp3) is 0.875. The molecular formula is C8H15NO3. The largest absolute Gasteiger partial charge is 0.465 e. The second kappa shape index (κ2) is 3.76. The van der Waals surface area contributed by atoms with Gasteiger partial charge in [0.15, 0.2) is 0 Å². The molecule has 3 N–H and O–H groups in total. The molecule has 1 aliphatic rings. The van der Waals surface area contributed by atoms with Crippen molar-refractivity contribution in [1.82, 2.24) is 5.32 Å². The first kappa shape index (κ1) is 9.32. The molecule has 3 unspecified atom stereocenters. The number of aliphatic hydroxyl groups excluding tert-OH is 1. The highest BCUT2D eigenvalue weighted by Gasteiger charge is 2.26. The van der Waals surface area contributed by atoms with Gasteiger partial charge in [-0.3, -0.25) is 0 Å². The molecule has 4 heteroatoms. The van der Waals surface area contributed by atoms with Gasteiger partial charge in [-0.25, -0.2) is 4.79 Å². The van der Waals surface area contributed by atoms with Crippen LogP contribution < -0.4 is 5.32 Å². The van der Waals surface area contributed by atoms with Crippen molar-refractivity contribution in [3.8, 4) is 0 Å². The van der Waals surface area contributed by atoms with E-state index in [4.69, 9.17) is 5.11 Å². The molecule has 1 rings (SSSR count). The van der Waals surface area contributed by atoms with Gasteiger partial charge in [0.25, 0.3) is 0 Å². The molecule has 0 bridgehead atoms. The molecule has 0 aromatic heterocycles. The van der Waals surface area contributed by atoms with Crippen LogP contribution in [0.25, 0.3) is 0 Å². The Kier molecular flexibility index (Phi) is 2.92. The van der Waals surface area contributed by atoms with Gasteiger partial charge in [0.2, 0.25) is 0 Å². The Balaban J connectivity index is 2.35. The van der Waals surface area contributed by atoms with E-state index < -0.39 is 6.09 Å². The van der Waals surface area contributed by atoms with Crippen molar-refractivity contribution in [2.24, 2.45) is 5.92 Å². The van der Waals surface area contributed by atoms with Crippen LogP contribution in [0.2, 0.25) is 0 Å². The van der Waals surface area contributed by atoms with Crippen LogP contribution in [0.15, 0.2) is 0 Å². The van der Waals surface area contributed by atoms with Crippen LogP contribution in [0.1, 0.15) is 26.2 Å². The normalized spacial score (nSPS) is 36.0. The summed E-state index contributed by atoms with van der Waals surface area (Å²) in [4.78, 5) is 10.3. The highest BCUT2D eigenvalue weighted by atomic mass is 16.4. The maximum atomic E-state index is 10.3. The minimum absolute atomic E-state index is 0.0286. The van der Waals surface area contributed by atoms with Crippen LogP contribution in [0, 0.1) is 5.92 Å². The molecule has 0 spiro atoms. The van der Waals surface area contributed by atoms with Crippen molar-refractivity contribution >= 4 is 6.09 Å². The van der Waals surface area contributed by atoms with E-state index in [1.165, 1.54) is 0 Å². The zero-order valence-electron chi connectivity index (χ0n) is 7.16. The number of hydrogen-bond acceptors (Lipinski definition) is 2. The molecule has 0 aromatic carbocycles. The molecule has 0 aromatic rings. The summed E-state index contributed by atoms with van der Waals surface area (Å²) in [5, 5.41) is 20.2. The van der Waals surface area contributed by atoms with Crippen LogP contribution in [0.3, 0.4) is 0 Å². The summed E-state index contributed by atoms with van der Waals surface area (Å²) in [5.41, 5.74) is 0. The number of carbonyl (C=O) groups is 1. The molecule has 3 atom stereocenters. The Morgan fingerprint density at radius 1 is 1.50 bits per heavy atom. The summed E-state index contributed by atoms with van der Waals surface area (Å²) in [6.07, 6.45) is 0.970.